The maximum Gasteiger partial charge on any atom is 0.352 e. The Hall–Kier alpha value is -2.79. The zero-order valence-electron chi connectivity index (χ0n) is 14.9. The number of thioether (sulfide) groups is 1. The van der Waals surface area contributed by atoms with Gasteiger partial charge in [0.25, 0.3) is 5.91 Å². The summed E-state index contributed by atoms with van der Waals surface area (Å²) in [6, 6.07) is 1.82. The fourth-order valence-corrected chi connectivity index (χ4v) is 4.35. The topological polar surface area (TPSA) is 152 Å². The molecule has 0 radical (unpaired) electrons. The molecule has 2 unspecified atom stereocenters. The number of carboxylic acid groups (broad SMARTS) is 1. The predicted molar refractivity (Wildman–Crippen MR) is 96.6 cm³/mol. The first kappa shape index (κ1) is 20.0. The van der Waals surface area contributed by atoms with Gasteiger partial charge in [0.15, 0.2) is 0 Å². The summed E-state index contributed by atoms with van der Waals surface area (Å²) in [4.78, 5) is 48.5. The molecule has 28 heavy (non-hydrogen) atoms. The molecule has 0 saturated carbocycles. The van der Waals surface area contributed by atoms with E-state index in [2.05, 4.69) is 5.32 Å². The lowest BCUT2D eigenvalue weighted by Crippen LogP contribution is -2.70. The van der Waals surface area contributed by atoms with Crippen molar-refractivity contribution >= 4 is 35.5 Å². The van der Waals surface area contributed by atoms with Gasteiger partial charge in [0.05, 0.1) is 12.3 Å². The summed E-state index contributed by atoms with van der Waals surface area (Å²) in [6.07, 6.45) is 1.38. The largest absolute Gasteiger partial charge is 0.477 e. The number of aliphatic carboxylic acids is 1. The predicted octanol–water partition coefficient (Wildman–Crippen LogP) is -0.0288. The molecule has 1 aromatic rings. The third-order valence-corrected chi connectivity index (χ3v) is 5.67. The number of carbonyl (C=O) groups excluding carboxylic acids is 3. The number of nitrogens with zero attached hydrogens (tertiary/aromatic N) is 1. The van der Waals surface area contributed by atoms with Crippen molar-refractivity contribution in [1.29, 1.82) is 0 Å². The summed E-state index contributed by atoms with van der Waals surface area (Å²) in [5.74, 6) is -2.08. The summed E-state index contributed by atoms with van der Waals surface area (Å²) in [7, 11) is 0. The van der Waals surface area contributed by atoms with Gasteiger partial charge in [-0.15, -0.1) is 11.8 Å². The standard InChI is InChI=1S/C17H19N3O7S/c1-8(21)27-6-9-7-28-16-13(15(23)20(16)14(9)17(24)25)19-12(22)5-10(18)11-3-2-4-26-11/h2-4,10,13,16H,5-7,18H2,1H3,(H,19,22)(H,24,25)/t10?,13?,16-/m1/s1. The molecule has 4 N–H and O–H groups in total. The maximum atomic E-state index is 12.5. The fourth-order valence-electron chi connectivity index (χ4n) is 3.02. The SMILES string of the molecule is CC(=O)OCC1=C(C(=O)O)N2C(=O)C(NC(=O)CC(N)c3ccco3)[C@H]2SC1. The lowest BCUT2D eigenvalue weighted by molar-refractivity contribution is -0.151. The molecule has 3 rings (SSSR count). The van der Waals surface area contributed by atoms with E-state index in [1.54, 1.807) is 12.1 Å². The van der Waals surface area contributed by atoms with Crippen LogP contribution in [0.25, 0.3) is 0 Å². The highest BCUT2D eigenvalue weighted by atomic mass is 32.2. The van der Waals surface area contributed by atoms with E-state index in [1.807, 2.05) is 0 Å². The summed E-state index contributed by atoms with van der Waals surface area (Å²) in [6.45, 7) is 1.02. The van der Waals surface area contributed by atoms with Crippen LogP contribution in [0.5, 0.6) is 0 Å². The molecule has 0 spiro atoms. The number of fused-ring (bicyclic) bond motifs is 1. The van der Waals surface area contributed by atoms with Crippen LogP contribution in [-0.4, -0.2) is 57.5 Å². The molecule has 10 nitrogen and oxygen atoms in total. The molecule has 0 aromatic carbocycles. The number of amides is 2. The van der Waals surface area contributed by atoms with Crippen molar-refractivity contribution in [2.24, 2.45) is 5.73 Å². The van der Waals surface area contributed by atoms with E-state index < -0.39 is 41.2 Å². The quantitative estimate of drug-likeness (QED) is 0.416. The van der Waals surface area contributed by atoms with Crippen molar-refractivity contribution in [3.63, 3.8) is 0 Å². The molecule has 3 atom stereocenters. The molecule has 3 heterocycles. The summed E-state index contributed by atoms with van der Waals surface area (Å²) < 4.78 is 10.0. The van der Waals surface area contributed by atoms with Gasteiger partial charge < -0.3 is 25.3 Å². The first-order valence-corrected chi connectivity index (χ1v) is 9.46. The number of esters is 1. The molecule has 1 fully saturated rings. The van der Waals surface area contributed by atoms with E-state index >= 15 is 0 Å². The number of furan rings is 1. The minimum absolute atomic E-state index is 0.0754. The lowest BCUT2D eigenvalue weighted by Gasteiger charge is -2.49. The van der Waals surface area contributed by atoms with E-state index in [9.17, 15) is 24.3 Å². The molecule has 0 aliphatic carbocycles. The summed E-state index contributed by atoms with van der Waals surface area (Å²) in [5.41, 5.74) is 6.03. The second-order valence-corrected chi connectivity index (χ2v) is 7.42. The van der Waals surface area contributed by atoms with E-state index in [0.717, 1.165) is 4.90 Å². The average molecular weight is 409 g/mol. The second-order valence-electron chi connectivity index (χ2n) is 6.32. The maximum absolute atomic E-state index is 12.5. The zero-order valence-corrected chi connectivity index (χ0v) is 15.7. The van der Waals surface area contributed by atoms with Gasteiger partial charge in [0.2, 0.25) is 5.91 Å². The monoisotopic (exact) mass is 409 g/mol. The first-order chi connectivity index (χ1) is 13.3. The Morgan fingerprint density at radius 3 is 2.86 bits per heavy atom. The Kier molecular flexibility index (Phi) is 5.75. The number of carboxylic acids is 1. The van der Waals surface area contributed by atoms with Crippen LogP contribution in [-0.2, 0) is 23.9 Å². The number of nitrogens with one attached hydrogen (secondary N) is 1. The Morgan fingerprint density at radius 2 is 2.25 bits per heavy atom. The number of rotatable bonds is 7. The van der Waals surface area contributed by atoms with Crippen LogP contribution in [0.4, 0.5) is 0 Å². The van der Waals surface area contributed by atoms with Gasteiger partial charge in [0, 0.05) is 24.7 Å². The minimum Gasteiger partial charge on any atom is -0.477 e. The molecule has 2 aliphatic rings. The number of β-lactam (4-membered cyclic amide) rings is 1. The van der Waals surface area contributed by atoms with Gasteiger partial charge in [-0.05, 0) is 12.1 Å². The molecular formula is C17H19N3O7S. The Morgan fingerprint density at radius 1 is 1.50 bits per heavy atom. The van der Waals surface area contributed by atoms with E-state index in [-0.39, 0.29) is 24.5 Å². The highest BCUT2D eigenvalue weighted by molar-refractivity contribution is 8.00. The first-order valence-electron chi connectivity index (χ1n) is 8.41. The summed E-state index contributed by atoms with van der Waals surface area (Å²) in [5, 5.41) is 11.6. The van der Waals surface area contributed by atoms with E-state index in [4.69, 9.17) is 14.9 Å². The normalized spacial score (nSPS) is 22.2. The Balaban J connectivity index is 1.65. The number of nitrogens with two attached hydrogens (primary N) is 1. The van der Waals surface area contributed by atoms with Crippen LogP contribution in [0.2, 0.25) is 0 Å². The molecule has 0 bridgehead atoms. The van der Waals surface area contributed by atoms with Gasteiger partial charge in [0.1, 0.15) is 29.5 Å². The van der Waals surface area contributed by atoms with Crippen molar-refractivity contribution in [3.05, 3.63) is 35.4 Å². The van der Waals surface area contributed by atoms with Crippen LogP contribution in [0, 0.1) is 0 Å². The molecule has 2 aliphatic heterocycles. The fraction of sp³-hybridized carbons (Fsp3) is 0.412. The van der Waals surface area contributed by atoms with E-state index in [1.165, 1.54) is 24.9 Å². The minimum atomic E-state index is -1.29. The molecule has 150 valence electrons. The number of hydrogen-bond donors (Lipinski definition) is 3. The highest BCUT2D eigenvalue weighted by Gasteiger charge is 2.54. The smallest absolute Gasteiger partial charge is 0.352 e. The third kappa shape index (κ3) is 3.90. The number of ether oxygens (including phenoxy) is 1. The zero-order chi connectivity index (χ0) is 20.4. The number of carbonyl (C=O) groups is 4. The molecule has 1 saturated heterocycles. The van der Waals surface area contributed by atoms with Crippen molar-refractivity contribution in [3.8, 4) is 0 Å². The van der Waals surface area contributed by atoms with Gasteiger partial charge in [-0.1, -0.05) is 0 Å². The van der Waals surface area contributed by atoms with Gasteiger partial charge in [-0.3, -0.25) is 19.3 Å². The van der Waals surface area contributed by atoms with Crippen molar-refractivity contribution in [2.45, 2.75) is 30.8 Å². The van der Waals surface area contributed by atoms with Crippen molar-refractivity contribution in [2.75, 3.05) is 12.4 Å². The lowest BCUT2D eigenvalue weighted by atomic mass is 10.0. The van der Waals surface area contributed by atoms with Crippen LogP contribution >= 0.6 is 11.8 Å². The van der Waals surface area contributed by atoms with E-state index in [0.29, 0.717) is 11.3 Å². The van der Waals surface area contributed by atoms with Gasteiger partial charge in [-0.2, -0.15) is 0 Å². The molecule has 2 amide bonds. The molecule has 1 aromatic heterocycles. The van der Waals surface area contributed by atoms with Gasteiger partial charge in [-0.25, -0.2) is 4.79 Å². The second kappa shape index (κ2) is 8.07. The van der Waals surface area contributed by atoms with Crippen LogP contribution in [0.1, 0.15) is 25.1 Å². The summed E-state index contributed by atoms with van der Waals surface area (Å²) >= 11 is 1.29. The van der Waals surface area contributed by atoms with Crippen LogP contribution in [0.3, 0.4) is 0 Å². The molecule has 11 heteroatoms. The highest BCUT2D eigenvalue weighted by Crippen LogP contribution is 2.40. The Labute approximate surface area is 164 Å². The van der Waals surface area contributed by atoms with Crippen molar-refractivity contribution in [1.82, 2.24) is 10.2 Å². The van der Waals surface area contributed by atoms with Crippen LogP contribution in [0.15, 0.2) is 34.1 Å². The Bertz CT molecular complexity index is 836. The third-order valence-electron chi connectivity index (χ3n) is 4.33. The van der Waals surface area contributed by atoms with Crippen molar-refractivity contribution < 1.29 is 33.4 Å². The number of hydrogen-bond acceptors (Lipinski definition) is 8. The van der Waals surface area contributed by atoms with Gasteiger partial charge >= 0.3 is 11.9 Å². The molecular weight excluding hydrogens is 390 g/mol. The average Bonchev–Trinajstić information content (AvgIpc) is 3.18. The van der Waals surface area contributed by atoms with Crippen LogP contribution < -0.4 is 11.1 Å².